The molecule has 0 saturated carbocycles. The molecule has 1 fully saturated rings. The highest BCUT2D eigenvalue weighted by Crippen LogP contribution is 2.46. The van der Waals surface area contributed by atoms with E-state index >= 15 is 0 Å². The van der Waals surface area contributed by atoms with Crippen LogP contribution in [0.3, 0.4) is 0 Å². The Labute approximate surface area is 278 Å². The van der Waals surface area contributed by atoms with Gasteiger partial charge in [0.15, 0.2) is 5.78 Å². The van der Waals surface area contributed by atoms with Gasteiger partial charge in [-0.1, -0.05) is 86.0 Å². The van der Waals surface area contributed by atoms with Gasteiger partial charge >= 0.3 is 0 Å². The van der Waals surface area contributed by atoms with Crippen LogP contribution in [-0.4, -0.2) is 66.7 Å². The average Bonchev–Trinajstić information content (AvgIpc) is 3.54. The van der Waals surface area contributed by atoms with Crippen LogP contribution in [0.15, 0.2) is 48.5 Å². The van der Waals surface area contributed by atoms with E-state index in [0.717, 1.165) is 43.0 Å². The second kappa shape index (κ2) is 16.3. The molecular formula is C37H51N3O3S2. The highest BCUT2D eigenvalue weighted by molar-refractivity contribution is 8.77. The Balaban J connectivity index is 1.14. The third-order valence-corrected chi connectivity index (χ3v) is 12.2. The second-order valence-corrected chi connectivity index (χ2v) is 16.6. The van der Waals surface area contributed by atoms with Crippen molar-refractivity contribution in [3.63, 3.8) is 0 Å². The highest BCUT2D eigenvalue weighted by Gasteiger charge is 2.37. The molecule has 8 heteroatoms. The molecule has 244 valence electrons. The lowest BCUT2D eigenvalue weighted by Gasteiger charge is -2.42. The maximum absolute atomic E-state index is 13.0. The summed E-state index contributed by atoms with van der Waals surface area (Å²) in [6.45, 7) is 11.7. The SMILES string of the molecule is CN(CCNC(=O)CCCC[C@@H]1CCSS1)CCNC(=O)c1ccc(/C=C/C(=O)c2ccc3c(c2)C(C)(C)CCC3(C)C)cc1. The van der Waals surface area contributed by atoms with Gasteiger partial charge in [0, 0.05) is 54.7 Å². The molecule has 1 aliphatic heterocycles. The first-order valence-electron chi connectivity index (χ1n) is 16.4. The van der Waals surface area contributed by atoms with E-state index in [1.807, 2.05) is 46.8 Å². The van der Waals surface area contributed by atoms with Crippen molar-refractivity contribution in [3.05, 3.63) is 76.4 Å². The van der Waals surface area contributed by atoms with Crippen LogP contribution in [0.25, 0.3) is 6.08 Å². The van der Waals surface area contributed by atoms with Crippen LogP contribution < -0.4 is 10.6 Å². The van der Waals surface area contributed by atoms with E-state index in [9.17, 15) is 14.4 Å². The summed E-state index contributed by atoms with van der Waals surface area (Å²) in [5, 5.41) is 6.76. The molecule has 2 aromatic rings. The Morgan fingerprint density at radius 1 is 0.889 bits per heavy atom. The van der Waals surface area contributed by atoms with Crippen LogP contribution in [0.2, 0.25) is 0 Å². The number of nitrogens with zero attached hydrogens (tertiary/aromatic N) is 1. The first-order valence-corrected chi connectivity index (χ1v) is 18.8. The molecule has 1 saturated heterocycles. The molecule has 1 heterocycles. The number of unbranched alkanes of at least 4 members (excludes halogenated alkanes) is 1. The van der Waals surface area contributed by atoms with E-state index < -0.39 is 0 Å². The number of hydrogen-bond acceptors (Lipinski definition) is 6. The minimum atomic E-state index is -0.127. The third-order valence-electron chi connectivity index (χ3n) is 9.24. The van der Waals surface area contributed by atoms with Gasteiger partial charge < -0.3 is 15.5 Å². The van der Waals surface area contributed by atoms with Crippen LogP contribution in [0.4, 0.5) is 0 Å². The summed E-state index contributed by atoms with van der Waals surface area (Å²) in [6.07, 6.45) is 10.9. The van der Waals surface area contributed by atoms with Crippen LogP contribution in [0.5, 0.6) is 0 Å². The summed E-state index contributed by atoms with van der Waals surface area (Å²) in [5.74, 6) is 1.24. The molecular weight excluding hydrogens is 599 g/mol. The molecule has 1 aliphatic carbocycles. The van der Waals surface area contributed by atoms with Crippen molar-refractivity contribution < 1.29 is 14.4 Å². The van der Waals surface area contributed by atoms with Crippen molar-refractivity contribution in [2.75, 3.05) is 39.0 Å². The second-order valence-electron chi connectivity index (χ2n) is 13.8. The lowest BCUT2D eigenvalue weighted by atomic mass is 9.63. The van der Waals surface area contributed by atoms with E-state index in [0.29, 0.717) is 37.2 Å². The summed E-state index contributed by atoms with van der Waals surface area (Å²) < 4.78 is 0. The van der Waals surface area contributed by atoms with Crippen molar-refractivity contribution in [2.45, 2.75) is 88.7 Å². The number of likely N-dealkylation sites (N-methyl/N-ethyl adjacent to an activating group) is 1. The zero-order chi connectivity index (χ0) is 32.5. The van der Waals surface area contributed by atoms with Gasteiger partial charge in [0.05, 0.1) is 0 Å². The number of ketones is 1. The zero-order valence-electron chi connectivity index (χ0n) is 27.7. The Hall–Kier alpha value is -2.55. The number of nitrogens with one attached hydrogen (secondary N) is 2. The molecule has 0 aromatic heterocycles. The first kappa shape index (κ1) is 35.3. The molecule has 45 heavy (non-hydrogen) atoms. The molecule has 2 N–H and O–H groups in total. The van der Waals surface area contributed by atoms with Gasteiger partial charge in [-0.3, -0.25) is 14.4 Å². The minimum absolute atomic E-state index is 0.0180. The number of hydrogen-bond donors (Lipinski definition) is 2. The summed E-state index contributed by atoms with van der Waals surface area (Å²) in [5.41, 5.74) is 4.96. The van der Waals surface area contributed by atoms with E-state index in [1.54, 1.807) is 24.3 Å². The van der Waals surface area contributed by atoms with Gasteiger partial charge in [-0.25, -0.2) is 0 Å². The number of amides is 2. The lowest BCUT2D eigenvalue weighted by molar-refractivity contribution is -0.121. The molecule has 2 amide bonds. The molecule has 2 aromatic carbocycles. The van der Waals surface area contributed by atoms with Gasteiger partial charge in [0.25, 0.3) is 5.91 Å². The van der Waals surface area contributed by atoms with E-state index in [2.05, 4.69) is 55.4 Å². The van der Waals surface area contributed by atoms with E-state index in [1.165, 1.54) is 29.7 Å². The van der Waals surface area contributed by atoms with E-state index in [-0.39, 0.29) is 28.4 Å². The average molecular weight is 650 g/mol. The first-order chi connectivity index (χ1) is 21.4. The molecule has 1 atom stereocenters. The maximum Gasteiger partial charge on any atom is 0.251 e. The summed E-state index contributed by atoms with van der Waals surface area (Å²) in [6, 6.07) is 13.5. The standard InChI is InChI=1S/C37H51N3O3S2/c1-36(2)19-20-37(3,4)32-26-29(15-16-31(32)36)33(41)17-12-27-10-13-28(14-11-27)35(43)39-22-24-40(5)23-21-38-34(42)9-7-6-8-30-18-25-44-45-30/h10-17,26,30H,6-9,18-25H2,1-5H3,(H,38,42)(H,39,43)/b17-12+/t30-/m1/s1. The maximum atomic E-state index is 13.0. The number of fused-ring (bicyclic) bond motifs is 1. The summed E-state index contributed by atoms with van der Waals surface area (Å²) in [7, 11) is 5.96. The predicted octanol–water partition coefficient (Wildman–Crippen LogP) is 7.42. The largest absolute Gasteiger partial charge is 0.355 e. The number of carbonyl (C=O) groups excluding carboxylic acids is 3. The van der Waals surface area contributed by atoms with Crippen molar-refractivity contribution in [1.82, 2.24) is 15.5 Å². The Bertz CT molecular complexity index is 1350. The molecule has 0 spiro atoms. The van der Waals surface area contributed by atoms with Crippen molar-refractivity contribution in [1.29, 1.82) is 0 Å². The monoisotopic (exact) mass is 649 g/mol. The van der Waals surface area contributed by atoms with Crippen LogP contribution >= 0.6 is 21.6 Å². The fraction of sp³-hybridized carbons (Fsp3) is 0.541. The molecule has 4 rings (SSSR count). The fourth-order valence-corrected chi connectivity index (χ4v) is 9.05. The van der Waals surface area contributed by atoms with Crippen molar-refractivity contribution in [3.8, 4) is 0 Å². The van der Waals surface area contributed by atoms with Gasteiger partial charge in [-0.15, -0.1) is 0 Å². The molecule has 0 unspecified atom stereocenters. The highest BCUT2D eigenvalue weighted by atomic mass is 33.1. The Kier molecular flexibility index (Phi) is 12.8. The Morgan fingerprint density at radius 2 is 1.56 bits per heavy atom. The topological polar surface area (TPSA) is 78.5 Å². The van der Waals surface area contributed by atoms with Crippen LogP contribution in [0, 0.1) is 0 Å². The smallest absolute Gasteiger partial charge is 0.251 e. The normalized spacial score (nSPS) is 18.6. The van der Waals surface area contributed by atoms with Crippen molar-refractivity contribution >= 4 is 45.3 Å². The van der Waals surface area contributed by atoms with Gasteiger partial charge in [-0.2, -0.15) is 0 Å². The van der Waals surface area contributed by atoms with Crippen LogP contribution in [-0.2, 0) is 15.6 Å². The number of allylic oxidation sites excluding steroid dienone is 1. The lowest BCUT2D eigenvalue weighted by Crippen LogP contribution is -2.37. The molecule has 2 aliphatic rings. The van der Waals surface area contributed by atoms with E-state index in [4.69, 9.17) is 0 Å². The molecule has 6 nitrogen and oxygen atoms in total. The number of benzene rings is 2. The van der Waals surface area contributed by atoms with Gasteiger partial charge in [0.2, 0.25) is 5.91 Å². The van der Waals surface area contributed by atoms with Gasteiger partial charge in [-0.05, 0) is 90.9 Å². The zero-order valence-corrected chi connectivity index (χ0v) is 29.4. The fourth-order valence-electron chi connectivity index (χ4n) is 6.03. The number of rotatable bonds is 15. The Morgan fingerprint density at radius 3 is 2.24 bits per heavy atom. The summed E-state index contributed by atoms with van der Waals surface area (Å²) >= 11 is 0. The third kappa shape index (κ3) is 10.5. The molecule has 0 radical (unpaired) electrons. The quantitative estimate of drug-likeness (QED) is 0.0905. The summed E-state index contributed by atoms with van der Waals surface area (Å²) in [4.78, 5) is 39.9. The predicted molar refractivity (Wildman–Crippen MR) is 191 cm³/mol. The number of carbonyl (C=O) groups is 3. The van der Waals surface area contributed by atoms with Gasteiger partial charge in [0.1, 0.15) is 0 Å². The van der Waals surface area contributed by atoms with Crippen LogP contribution in [0.1, 0.15) is 110 Å². The van der Waals surface area contributed by atoms with Crippen molar-refractivity contribution in [2.24, 2.45) is 0 Å². The molecule has 0 bridgehead atoms. The minimum Gasteiger partial charge on any atom is -0.355 e.